The van der Waals surface area contributed by atoms with Gasteiger partial charge in [0, 0.05) is 24.5 Å². The summed E-state index contributed by atoms with van der Waals surface area (Å²) in [6, 6.07) is 1.08. The first kappa shape index (κ1) is 14.0. The van der Waals surface area contributed by atoms with Crippen molar-refractivity contribution in [3.05, 3.63) is 29.6 Å². The molecule has 2 heterocycles. The van der Waals surface area contributed by atoms with E-state index in [0.717, 1.165) is 6.42 Å². The molecule has 0 bridgehead atoms. The van der Waals surface area contributed by atoms with E-state index in [4.69, 9.17) is 5.11 Å². The number of carbonyl (C=O) groups is 2. The minimum Gasteiger partial charge on any atom is -0.384 e. The molecule has 0 aliphatic carbocycles. The van der Waals surface area contributed by atoms with Crippen LogP contribution in [0.2, 0.25) is 0 Å². The third kappa shape index (κ3) is 3.56. The quantitative estimate of drug-likeness (QED) is 0.630. The van der Waals surface area contributed by atoms with Crippen LogP contribution in [0.15, 0.2) is 18.5 Å². The van der Waals surface area contributed by atoms with E-state index in [1.54, 1.807) is 6.07 Å². The second-order valence-corrected chi connectivity index (χ2v) is 4.38. The van der Waals surface area contributed by atoms with Crippen LogP contribution in [0.5, 0.6) is 0 Å². The maximum atomic E-state index is 12.1. The molecule has 1 atom stereocenters. The predicted octanol–water partition coefficient (Wildman–Crippen LogP) is -0.566. The van der Waals surface area contributed by atoms with Crippen molar-refractivity contribution >= 4 is 11.8 Å². The van der Waals surface area contributed by atoms with E-state index in [9.17, 15) is 9.59 Å². The van der Waals surface area contributed by atoms with Gasteiger partial charge in [-0.05, 0) is 18.9 Å². The van der Waals surface area contributed by atoms with Crippen LogP contribution in [-0.4, -0.2) is 41.1 Å². The largest absolute Gasteiger partial charge is 0.384 e. The molecule has 6 nitrogen and oxygen atoms in total. The molecule has 1 aliphatic rings. The molecule has 0 saturated carbocycles. The van der Waals surface area contributed by atoms with E-state index in [1.165, 1.54) is 12.4 Å². The van der Waals surface area contributed by atoms with Gasteiger partial charge in [0.25, 0.3) is 5.91 Å². The number of hydrogen-bond acceptors (Lipinski definition) is 4. The Morgan fingerprint density at radius 1 is 1.55 bits per heavy atom. The summed E-state index contributed by atoms with van der Waals surface area (Å²) >= 11 is 0. The van der Waals surface area contributed by atoms with E-state index < -0.39 is 6.04 Å². The van der Waals surface area contributed by atoms with Crippen molar-refractivity contribution in [1.82, 2.24) is 15.6 Å². The highest BCUT2D eigenvalue weighted by atomic mass is 16.2. The summed E-state index contributed by atoms with van der Waals surface area (Å²) in [6.07, 6.45) is 4.40. The average molecular weight is 273 g/mol. The number of nitrogens with one attached hydrogen (secondary N) is 2. The molecule has 1 fully saturated rings. The number of carbonyl (C=O) groups excluding carboxylic acids is 2. The van der Waals surface area contributed by atoms with Gasteiger partial charge in [-0.25, -0.2) is 0 Å². The second-order valence-electron chi connectivity index (χ2n) is 4.38. The molecule has 0 spiro atoms. The Hall–Kier alpha value is -2.39. The smallest absolute Gasteiger partial charge is 0.253 e. The van der Waals surface area contributed by atoms with Gasteiger partial charge in [-0.15, -0.1) is 0 Å². The van der Waals surface area contributed by atoms with Crippen LogP contribution in [0.1, 0.15) is 28.8 Å². The third-order valence-electron chi connectivity index (χ3n) is 2.90. The molecule has 2 rings (SSSR count). The van der Waals surface area contributed by atoms with E-state index in [-0.39, 0.29) is 18.4 Å². The Kier molecular flexibility index (Phi) is 4.69. The van der Waals surface area contributed by atoms with Crippen molar-refractivity contribution in [2.45, 2.75) is 18.9 Å². The molecule has 0 radical (unpaired) electrons. The number of aliphatic hydroxyl groups excluding tert-OH is 1. The minimum absolute atomic E-state index is 0.159. The van der Waals surface area contributed by atoms with Gasteiger partial charge in [0.2, 0.25) is 5.91 Å². The predicted molar refractivity (Wildman–Crippen MR) is 71.7 cm³/mol. The standard InChI is InChI=1S/C14H15N3O3/c18-6-2-3-10-7-11(9-15-8-10)13(19)17-12-4-1-5-16-14(12)20/h7-9,12,18H,1,4-6H2,(H,16,20)(H,17,19). The van der Waals surface area contributed by atoms with Crippen LogP contribution >= 0.6 is 0 Å². The molecule has 1 aliphatic heterocycles. The van der Waals surface area contributed by atoms with Gasteiger partial charge in [0.1, 0.15) is 12.6 Å². The van der Waals surface area contributed by atoms with Gasteiger partial charge in [-0.2, -0.15) is 0 Å². The van der Waals surface area contributed by atoms with Crippen LogP contribution < -0.4 is 10.6 Å². The van der Waals surface area contributed by atoms with Gasteiger partial charge in [-0.3, -0.25) is 14.6 Å². The fraction of sp³-hybridized carbons (Fsp3) is 0.357. The van der Waals surface area contributed by atoms with Crippen molar-refractivity contribution in [1.29, 1.82) is 0 Å². The van der Waals surface area contributed by atoms with Gasteiger partial charge in [-0.1, -0.05) is 11.8 Å². The monoisotopic (exact) mass is 273 g/mol. The van der Waals surface area contributed by atoms with Crippen LogP contribution in [0.4, 0.5) is 0 Å². The number of pyridine rings is 1. The summed E-state index contributed by atoms with van der Waals surface area (Å²) in [7, 11) is 0. The number of aromatic nitrogens is 1. The molecule has 1 unspecified atom stereocenters. The molecule has 1 saturated heterocycles. The Morgan fingerprint density at radius 2 is 2.40 bits per heavy atom. The zero-order chi connectivity index (χ0) is 14.4. The van der Waals surface area contributed by atoms with Crippen LogP contribution in [-0.2, 0) is 4.79 Å². The summed E-state index contributed by atoms with van der Waals surface area (Å²) in [6.45, 7) is 0.400. The normalized spacial score (nSPS) is 17.6. The highest BCUT2D eigenvalue weighted by Crippen LogP contribution is 2.06. The Balaban J connectivity index is 2.07. The van der Waals surface area contributed by atoms with Crippen LogP contribution in [0.3, 0.4) is 0 Å². The van der Waals surface area contributed by atoms with Gasteiger partial charge >= 0.3 is 0 Å². The lowest BCUT2D eigenvalue weighted by Gasteiger charge is -2.22. The third-order valence-corrected chi connectivity index (χ3v) is 2.90. The van der Waals surface area contributed by atoms with Gasteiger partial charge in [0.05, 0.1) is 5.56 Å². The summed E-state index contributed by atoms with van der Waals surface area (Å²) in [5, 5.41) is 14.0. The number of nitrogens with zero attached hydrogens (tertiary/aromatic N) is 1. The maximum absolute atomic E-state index is 12.1. The molecule has 3 N–H and O–H groups in total. The lowest BCUT2D eigenvalue weighted by atomic mass is 10.1. The second kappa shape index (κ2) is 6.68. The van der Waals surface area contributed by atoms with Crippen molar-refractivity contribution in [3.63, 3.8) is 0 Å². The lowest BCUT2D eigenvalue weighted by molar-refractivity contribution is -0.124. The van der Waals surface area contributed by atoms with Gasteiger partial charge in [0.15, 0.2) is 0 Å². The molecule has 0 aromatic carbocycles. The number of amides is 2. The lowest BCUT2D eigenvalue weighted by Crippen LogP contribution is -2.50. The summed E-state index contributed by atoms with van der Waals surface area (Å²) in [4.78, 5) is 27.6. The summed E-state index contributed by atoms with van der Waals surface area (Å²) in [5.74, 6) is 4.66. The fourth-order valence-electron chi connectivity index (χ4n) is 1.93. The molecule has 104 valence electrons. The number of piperidine rings is 1. The molecule has 1 aromatic rings. The maximum Gasteiger partial charge on any atom is 0.253 e. The highest BCUT2D eigenvalue weighted by molar-refractivity contribution is 5.97. The fourth-order valence-corrected chi connectivity index (χ4v) is 1.93. The SMILES string of the molecule is O=C(NC1CCCNC1=O)c1cncc(C#CCO)c1. The Labute approximate surface area is 116 Å². The van der Waals surface area contributed by atoms with Crippen molar-refractivity contribution < 1.29 is 14.7 Å². The Bertz CT molecular complexity index is 575. The van der Waals surface area contributed by atoms with E-state index in [0.29, 0.717) is 24.1 Å². The zero-order valence-electron chi connectivity index (χ0n) is 10.8. The Morgan fingerprint density at radius 3 is 3.15 bits per heavy atom. The van der Waals surface area contributed by atoms with Crippen molar-refractivity contribution in [3.8, 4) is 11.8 Å². The number of hydrogen-bond donors (Lipinski definition) is 3. The average Bonchev–Trinajstić information content (AvgIpc) is 2.48. The first-order valence-electron chi connectivity index (χ1n) is 6.34. The van der Waals surface area contributed by atoms with Gasteiger partial charge < -0.3 is 15.7 Å². The number of rotatable bonds is 2. The summed E-state index contributed by atoms with van der Waals surface area (Å²) in [5.41, 5.74) is 0.882. The molecular formula is C14H15N3O3. The highest BCUT2D eigenvalue weighted by Gasteiger charge is 2.24. The molecule has 6 heteroatoms. The van der Waals surface area contributed by atoms with E-state index in [1.807, 2.05) is 0 Å². The topological polar surface area (TPSA) is 91.3 Å². The molecule has 1 aromatic heterocycles. The van der Waals surface area contributed by atoms with E-state index in [2.05, 4.69) is 27.5 Å². The molecule has 2 amide bonds. The number of aliphatic hydroxyl groups is 1. The van der Waals surface area contributed by atoms with Crippen LogP contribution in [0.25, 0.3) is 0 Å². The first-order valence-corrected chi connectivity index (χ1v) is 6.34. The van der Waals surface area contributed by atoms with Crippen LogP contribution in [0, 0.1) is 11.8 Å². The molecule has 20 heavy (non-hydrogen) atoms. The van der Waals surface area contributed by atoms with E-state index >= 15 is 0 Å². The minimum atomic E-state index is -0.497. The molecular weight excluding hydrogens is 258 g/mol. The zero-order valence-corrected chi connectivity index (χ0v) is 10.8. The summed E-state index contributed by atoms with van der Waals surface area (Å²) < 4.78 is 0. The van der Waals surface area contributed by atoms with Crippen molar-refractivity contribution in [2.75, 3.05) is 13.2 Å². The first-order chi connectivity index (χ1) is 9.70. The van der Waals surface area contributed by atoms with Crippen molar-refractivity contribution in [2.24, 2.45) is 0 Å².